The summed E-state index contributed by atoms with van der Waals surface area (Å²) in [5.41, 5.74) is 2.94. The van der Waals surface area contributed by atoms with Crippen molar-refractivity contribution in [1.29, 1.82) is 0 Å². The van der Waals surface area contributed by atoms with Crippen LogP contribution in [0.15, 0.2) is 24.3 Å². The van der Waals surface area contributed by atoms with Gasteiger partial charge in [0, 0.05) is 19.3 Å². The molecule has 1 aliphatic heterocycles. The summed E-state index contributed by atoms with van der Waals surface area (Å²) in [6.07, 6.45) is 7.46. The average molecular weight is 289 g/mol. The summed E-state index contributed by atoms with van der Waals surface area (Å²) in [5, 5.41) is 3.77. The zero-order valence-corrected chi connectivity index (χ0v) is 13.7. The Labute approximate surface area is 130 Å². The summed E-state index contributed by atoms with van der Waals surface area (Å²) in [7, 11) is 0. The van der Waals surface area contributed by atoms with E-state index in [9.17, 15) is 0 Å². The zero-order valence-electron chi connectivity index (χ0n) is 13.7. The fraction of sp³-hybridized carbons (Fsp3) is 0.684. The molecule has 0 radical (unpaired) electrons. The van der Waals surface area contributed by atoms with E-state index >= 15 is 0 Å². The fourth-order valence-electron chi connectivity index (χ4n) is 3.26. The number of nitrogens with one attached hydrogen (secondary N) is 1. The largest absolute Gasteiger partial charge is 0.381 e. The van der Waals surface area contributed by atoms with Crippen LogP contribution in [0, 0.1) is 12.8 Å². The molecular formula is C19H31NO. The number of aryl methyl sites for hydroxylation is 2. The van der Waals surface area contributed by atoms with Crippen molar-refractivity contribution in [2.24, 2.45) is 5.92 Å². The van der Waals surface area contributed by atoms with Crippen LogP contribution in [0.3, 0.4) is 0 Å². The Bertz CT molecular complexity index is 398. The summed E-state index contributed by atoms with van der Waals surface area (Å²) >= 11 is 0. The highest BCUT2D eigenvalue weighted by atomic mass is 16.5. The summed E-state index contributed by atoms with van der Waals surface area (Å²) in [5.74, 6) is 0.852. The van der Waals surface area contributed by atoms with Crippen molar-refractivity contribution in [3.05, 3.63) is 35.4 Å². The van der Waals surface area contributed by atoms with E-state index in [-0.39, 0.29) is 0 Å². The second-order valence-corrected chi connectivity index (χ2v) is 6.41. The Morgan fingerprint density at radius 1 is 1.24 bits per heavy atom. The highest BCUT2D eigenvalue weighted by molar-refractivity contribution is 5.25. The van der Waals surface area contributed by atoms with Crippen LogP contribution in [0.4, 0.5) is 0 Å². The maximum absolute atomic E-state index is 5.49. The van der Waals surface area contributed by atoms with Crippen molar-refractivity contribution in [1.82, 2.24) is 5.32 Å². The topological polar surface area (TPSA) is 21.3 Å². The smallest absolute Gasteiger partial charge is 0.0468 e. The molecule has 2 rings (SSSR count). The van der Waals surface area contributed by atoms with Gasteiger partial charge in [-0.3, -0.25) is 0 Å². The normalized spacial score (nSPS) is 17.8. The van der Waals surface area contributed by atoms with Gasteiger partial charge in [0.25, 0.3) is 0 Å². The SMILES string of the molecule is CCCNC(CCc1ccccc1C)CC1CCOCC1. The van der Waals surface area contributed by atoms with Crippen LogP contribution in [0.25, 0.3) is 0 Å². The van der Waals surface area contributed by atoms with E-state index in [4.69, 9.17) is 4.74 Å². The Morgan fingerprint density at radius 3 is 2.71 bits per heavy atom. The highest BCUT2D eigenvalue weighted by Gasteiger charge is 2.19. The molecule has 21 heavy (non-hydrogen) atoms. The van der Waals surface area contributed by atoms with E-state index in [0.29, 0.717) is 6.04 Å². The third-order valence-corrected chi connectivity index (χ3v) is 4.67. The molecule has 1 aromatic carbocycles. The van der Waals surface area contributed by atoms with Crippen molar-refractivity contribution in [3.8, 4) is 0 Å². The zero-order chi connectivity index (χ0) is 14.9. The summed E-state index contributed by atoms with van der Waals surface area (Å²) in [6, 6.07) is 9.46. The lowest BCUT2D eigenvalue weighted by atomic mass is 9.89. The molecule has 1 fully saturated rings. The highest BCUT2D eigenvalue weighted by Crippen LogP contribution is 2.22. The lowest BCUT2D eigenvalue weighted by molar-refractivity contribution is 0.0602. The molecule has 1 unspecified atom stereocenters. The quantitative estimate of drug-likeness (QED) is 0.777. The molecule has 2 nitrogen and oxygen atoms in total. The first kappa shape index (κ1) is 16.5. The van der Waals surface area contributed by atoms with Gasteiger partial charge in [-0.2, -0.15) is 0 Å². The van der Waals surface area contributed by atoms with Gasteiger partial charge in [0.15, 0.2) is 0 Å². The van der Waals surface area contributed by atoms with Gasteiger partial charge in [0.2, 0.25) is 0 Å². The minimum Gasteiger partial charge on any atom is -0.381 e. The Kier molecular flexibility index (Phi) is 7.25. The molecule has 0 amide bonds. The van der Waals surface area contributed by atoms with E-state index in [2.05, 4.69) is 43.4 Å². The standard InChI is InChI=1S/C19H31NO/c1-3-12-20-19(15-17-10-13-21-14-11-17)9-8-18-7-5-4-6-16(18)2/h4-7,17,19-20H,3,8-15H2,1-2H3. The number of rotatable bonds is 8. The molecule has 1 saturated heterocycles. The first-order valence-electron chi connectivity index (χ1n) is 8.65. The van der Waals surface area contributed by atoms with E-state index < -0.39 is 0 Å². The molecule has 2 heteroatoms. The number of ether oxygens (including phenoxy) is 1. The minimum absolute atomic E-state index is 0.660. The second-order valence-electron chi connectivity index (χ2n) is 6.41. The maximum atomic E-state index is 5.49. The molecule has 1 aromatic rings. The first-order chi connectivity index (χ1) is 10.3. The summed E-state index contributed by atoms with van der Waals surface area (Å²) in [4.78, 5) is 0. The predicted molar refractivity (Wildman–Crippen MR) is 89.7 cm³/mol. The fourth-order valence-corrected chi connectivity index (χ4v) is 3.26. The van der Waals surface area contributed by atoms with E-state index in [0.717, 1.165) is 25.7 Å². The van der Waals surface area contributed by atoms with Crippen LogP contribution in [0.2, 0.25) is 0 Å². The first-order valence-corrected chi connectivity index (χ1v) is 8.65. The van der Waals surface area contributed by atoms with E-state index in [1.54, 1.807) is 0 Å². The molecule has 0 spiro atoms. The molecule has 0 saturated carbocycles. The molecular weight excluding hydrogens is 258 g/mol. The van der Waals surface area contributed by atoms with Gasteiger partial charge in [-0.05, 0) is 69.0 Å². The molecule has 0 aromatic heterocycles. The third kappa shape index (κ3) is 5.80. The van der Waals surface area contributed by atoms with Crippen molar-refractivity contribution in [2.75, 3.05) is 19.8 Å². The molecule has 118 valence electrons. The van der Waals surface area contributed by atoms with Crippen molar-refractivity contribution in [2.45, 2.75) is 58.4 Å². The monoisotopic (exact) mass is 289 g/mol. The average Bonchev–Trinajstić information content (AvgIpc) is 2.52. The van der Waals surface area contributed by atoms with Crippen LogP contribution in [0.1, 0.15) is 50.2 Å². The van der Waals surface area contributed by atoms with Gasteiger partial charge in [-0.1, -0.05) is 31.2 Å². The molecule has 1 N–H and O–H groups in total. The Morgan fingerprint density at radius 2 is 2.00 bits per heavy atom. The Balaban J connectivity index is 1.84. The predicted octanol–water partition coefficient (Wildman–Crippen LogP) is 4.11. The molecule has 1 aliphatic rings. The van der Waals surface area contributed by atoms with Crippen LogP contribution in [-0.2, 0) is 11.2 Å². The molecule has 0 bridgehead atoms. The molecule has 1 atom stereocenters. The van der Waals surface area contributed by atoms with Gasteiger partial charge < -0.3 is 10.1 Å². The lowest BCUT2D eigenvalue weighted by Gasteiger charge is -2.27. The Hall–Kier alpha value is -0.860. The van der Waals surface area contributed by atoms with E-state index in [1.807, 2.05) is 0 Å². The van der Waals surface area contributed by atoms with Gasteiger partial charge in [0.1, 0.15) is 0 Å². The van der Waals surface area contributed by atoms with Crippen molar-refractivity contribution in [3.63, 3.8) is 0 Å². The molecule has 1 heterocycles. The maximum Gasteiger partial charge on any atom is 0.0468 e. The van der Waals surface area contributed by atoms with Gasteiger partial charge in [-0.15, -0.1) is 0 Å². The third-order valence-electron chi connectivity index (χ3n) is 4.67. The number of hydrogen-bond donors (Lipinski definition) is 1. The van der Waals surface area contributed by atoms with Gasteiger partial charge in [-0.25, -0.2) is 0 Å². The summed E-state index contributed by atoms with van der Waals surface area (Å²) < 4.78 is 5.49. The van der Waals surface area contributed by atoms with E-state index in [1.165, 1.54) is 49.7 Å². The van der Waals surface area contributed by atoms with Crippen LogP contribution in [-0.4, -0.2) is 25.8 Å². The minimum atomic E-state index is 0.660. The summed E-state index contributed by atoms with van der Waals surface area (Å²) in [6.45, 7) is 7.54. The van der Waals surface area contributed by atoms with Crippen LogP contribution < -0.4 is 5.32 Å². The molecule has 0 aliphatic carbocycles. The van der Waals surface area contributed by atoms with Crippen molar-refractivity contribution >= 4 is 0 Å². The van der Waals surface area contributed by atoms with Crippen LogP contribution in [0.5, 0.6) is 0 Å². The number of benzene rings is 1. The van der Waals surface area contributed by atoms with Gasteiger partial charge >= 0.3 is 0 Å². The van der Waals surface area contributed by atoms with Gasteiger partial charge in [0.05, 0.1) is 0 Å². The number of hydrogen-bond acceptors (Lipinski definition) is 2. The van der Waals surface area contributed by atoms with Crippen molar-refractivity contribution < 1.29 is 4.74 Å². The lowest BCUT2D eigenvalue weighted by Crippen LogP contribution is -2.33. The second kappa shape index (κ2) is 9.22. The van der Waals surface area contributed by atoms with Crippen LogP contribution >= 0.6 is 0 Å².